The number of hydrogen-bond donors (Lipinski definition) is 0. The van der Waals surface area contributed by atoms with Gasteiger partial charge in [-0.3, -0.25) is 9.69 Å². The van der Waals surface area contributed by atoms with Crippen molar-refractivity contribution in [2.24, 2.45) is 4.99 Å². The Bertz CT molecular complexity index is 1260. The number of rotatable bonds is 4. The molecule has 2 aromatic carbocycles. The maximum Gasteiger partial charge on any atom is 0.363 e. The molecule has 6 nitrogen and oxygen atoms in total. The number of aliphatic imine (C=N–C) groups is 1. The van der Waals surface area contributed by atoms with Gasteiger partial charge in [0.2, 0.25) is 11.8 Å². The molecule has 4 rings (SSSR count). The average molecular weight is 446 g/mol. The van der Waals surface area contributed by atoms with Crippen LogP contribution in [0.3, 0.4) is 0 Å². The second-order valence-corrected chi connectivity index (χ2v) is 8.70. The van der Waals surface area contributed by atoms with E-state index in [0.717, 1.165) is 33.5 Å². The summed E-state index contributed by atoms with van der Waals surface area (Å²) in [7, 11) is 0. The SMILES string of the molecule is CC(=O)N(c1nc(/C=C2\N=C(c3cc(C)cc(C)c3)OC2=O)cs1)c1c(C)cccc1C. The van der Waals surface area contributed by atoms with Crippen LogP contribution < -0.4 is 4.90 Å². The number of aryl methyl sites for hydroxylation is 4. The van der Waals surface area contributed by atoms with Crippen molar-refractivity contribution in [3.05, 3.63) is 81.0 Å². The van der Waals surface area contributed by atoms with Crippen LogP contribution in [-0.2, 0) is 14.3 Å². The number of amides is 1. The van der Waals surface area contributed by atoms with Crippen LogP contribution in [0.15, 0.2) is 52.5 Å². The smallest absolute Gasteiger partial charge is 0.363 e. The Hall–Kier alpha value is -3.58. The Balaban J connectivity index is 1.68. The van der Waals surface area contributed by atoms with Crippen molar-refractivity contribution in [2.45, 2.75) is 34.6 Å². The molecule has 1 aromatic heterocycles. The zero-order chi connectivity index (χ0) is 23.0. The first-order chi connectivity index (χ1) is 15.2. The highest BCUT2D eigenvalue weighted by Crippen LogP contribution is 2.34. The lowest BCUT2D eigenvalue weighted by Crippen LogP contribution is -2.24. The van der Waals surface area contributed by atoms with Crippen LogP contribution >= 0.6 is 11.3 Å². The number of benzene rings is 2. The van der Waals surface area contributed by atoms with E-state index in [9.17, 15) is 9.59 Å². The Kier molecular flexibility index (Phi) is 5.76. The Morgan fingerprint density at radius 3 is 2.34 bits per heavy atom. The van der Waals surface area contributed by atoms with E-state index in [0.29, 0.717) is 10.8 Å². The number of esters is 1. The molecule has 0 fully saturated rings. The predicted molar refractivity (Wildman–Crippen MR) is 127 cm³/mol. The fourth-order valence-corrected chi connectivity index (χ4v) is 4.59. The van der Waals surface area contributed by atoms with Gasteiger partial charge in [0.15, 0.2) is 10.8 Å². The molecule has 1 aliphatic heterocycles. The molecule has 3 aromatic rings. The highest BCUT2D eigenvalue weighted by molar-refractivity contribution is 7.14. The van der Waals surface area contributed by atoms with E-state index in [-0.39, 0.29) is 17.5 Å². The first kappa shape index (κ1) is 21.6. The summed E-state index contributed by atoms with van der Waals surface area (Å²) in [5.74, 6) is -0.373. The number of cyclic esters (lactones) is 1. The second-order valence-electron chi connectivity index (χ2n) is 7.86. The number of aromatic nitrogens is 1. The molecule has 0 N–H and O–H groups in total. The van der Waals surface area contributed by atoms with Crippen molar-refractivity contribution >= 4 is 46.0 Å². The number of nitrogens with zero attached hydrogens (tertiary/aromatic N) is 3. The predicted octanol–water partition coefficient (Wildman–Crippen LogP) is 5.41. The first-order valence-electron chi connectivity index (χ1n) is 10.2. The van der Waals surface area contributed by atoms with Gasteiger partial charge in [-0.25, -0.2) is 14.8 Å². The highest BCUT2D eigenvalue weighted by Gasteiger charge is 2.26. The molecule has 0 saturated heterocycles. The fraction of sp³-hybridized carbons (Fsp3) is 0.200. The van der Waals surface area contributed by atoms with Crippen molar-refractivity contribution in [1.29, 1.82) is 0 Å². The van der Waals surface area contributed by atoms with Crippen molar-refractivity contribution in [3.8, 4) is 0 Å². The number of anilines is 2. The Morgan fingerprint density at radius 1 is 1.06 bits per heavy atom. The van der Waals surface area contributed by atoms with Crippen molar-refractivity contribution in [1.82, 2.24) is 4.98 Å². The number of thiazole rings is 1. The number of ether oxygens (including phenoxy) is 1. The van der Waals surface area contributed by atoms with Gasteiger partial charge in [-0.2, -0.15) is 0 Å². The minimum absolute atomic E-state index is 0.133. The summed E-state index contributed by atoms with van der Waals surface area (Å²) < 4.78 is 5.39. The number of hydrogen-bond acceptors (Lipinski definition) is 6. The molecule has 162 valence electrons. The van der Waals surface area contributed by atoms with E-state index in [4.69, 9.17) is 4.74 Å². The van der Waals surface area contributed by atoms with Gasteiger partial charge in [0, 0.05) is 17.9 Å². The van der Waals surface area contributed by atoms with Gasteiger partial charge < -0.3 is 4.74 Å². The summed E-state index contributed by atoms with van der Waals surface area (Å²) in [5, 5.41) is 2.33. The third-order valence-corrected chi connectivity index (χ3v) is 5.90. The lowest BCUT2D eigenvalue weighted by atomic mass is 10.1. The minimum atomic E-state index is -0.521. The third kappa shape index (κ3) is 4.24. The standard InChI is InChI=1S/C25H23N3O3S/c1-14-9-15(2)11-19(10-14)23-27-21(24(30)31-23)12-20-13-32-25(26-20)28(18(5)29)22-16(3)7-6-8-17(22)4/h6-13H,1-5H3/b21-12-. The molecule has 1 amide bonds. The highest BCUT2D eigenvalue weighted by atomic mass is 32.1. The van der Waals surface area contributed by atoms with Gasteiger partial charge in [-0.05, 0) is 57.0 Å². The molecule has 0 spiro atoms. The summed E-state index contributed by atoms with van der Waals surface area (Å²) in [6.45, 7) is 9.41. The van der Waals surface area contributed by atoms with Crippen LogP contribution in [0.2, 0.25) is 0 Å². The van der Waals surface area contributed by atoms with E-state index >= 15 is 0 Å². The zero-order valence-electron chi connectivity index (χ0n) is 18.6. The van der Waals surface area contributed by atoms with Crippen LogP contribution in [0.5, 0.6) is 0 Å². The number of para-hydroxylation sites is 1. The third-order valence-electron chi connectivity index (χ3n) is 5.05. The van der Waals surface area contributed by atoms with Gasteiger partial charge >= 0.3 is 5.97 Å². The van der Waals surface area contributed by atoms with Crippen LogP contribution in [-0.4, -0.2) is 22.8 Å². The molecule has 0 aliphatic carbocycles. The van der Waals surface area contributed by atoms with Crippen LogP contribution in [0.25, 0.3) is 6.08 Å². The molecule has 0 radical (unpaired) electrons. The van der Waals surface area contributed by atoms with E-state index in [1.807, 2.05) is 64.1 Å². The van der Waals surface area contributed by atoms with Gasteiger partial charge in [-0.15, -0.1) is 11.3 Å². The largest absolute Gasteiger partial charge is 0.402 e. The monoisotopic (exact) mass is 445 g/mol. The fourth-order valence-electron chi connectivity index (χ4n) is 3.76. The topological polar surface area (TPSA) is 71.9 Å². The van der Waals surface area contributed by atoms with Gasteiger partial charge in [0.05, 0.1) is 11.4 Å². The van der Waals surface area contributed by atoms with Crippen molar-refractivity contribution < 1.29 is 14.3 Å². The van der Waals surface area contributed by atoms with Gasteiger partial charge in [-0.1, -0.05) is 35.4 Å². The lowest BCUT2D eigenvalue weighted by Gasteiger charge is -2.22. The maximum atomic E-state index is 12.5. The van der Waals surface area contributed by atoms with E-state index in [1.54, 1.807) is 16.4 Å². The van der Waals surface area contributed by atoms with E-state index in [2.05, 4.69) is 9.98 Å². The van der Waals surface area contributed by atoms with Gasteiger partial charge in [0.25, 0.3) is 0 Å². The van der Waals surface area contributed by atoms with Crippen molar-refractivity contribution in [2.75, 3.05) is 4.90 Å². The molecule has 0 atom stereocenters. The number of carbonyl (C=O) groups is 2. The molecule has 2 heterocycles. The molecule has 0 saturated carbocycles. The molecule has 1 aliphatic rings. The summed E-state index contributed by atoms with van der Waals surface area (Å²) in [4.78, 5) is 35.5. The summed E-state index contributed by atoms with van der Waals surface area (Å²) in [6, 6.07) is 11.8. The van der Waals surface area contributed by atoms with Crippen LogP contribution in [0.1, 0.15) is 40.4 Å². The molecular weight excluding hydrogens is 422 g/mol. The Morgan fingerprint density at radius 2 is 1.72 bits per heavy atom. The van der Waals surface area contributed by atoms with Crippen molar-refractivity contribution in [3.63, 3.8) is 0 Å². The van der Waals surface area contributed by atoms with Gasteiger partial charge in [0.1, 0.15) is 0 Å². The molecule has 32 heavy (non-hydrogen) atoms. The summed E-state index contributed by atoms with van der Waals surface area (Å²) in [5.41, 5.74) is 6.40. The minimum Gasteiger partial charge on any atom is -0.402 e. The van der Waals surface area contributed by atoms with E-state index < -0.39 is 5.97 Å². The Labute approximate surface area is 190 Å². The number of carbonyl (C=O) groups excluding carboxylic acids is 2. The molecule has 0 unspecified atom stereocenters. The molecule has 7 heteroatoms. The lowest BCUT2D eigenvalue weighted by molar-refractivity contribution is -0.130. The normalized spacial score (nSPS) is 14.5. The second kappa shape index (κ2) is 8.51. The quantitative estimate of drug-likeness (QED) is 0.398. The zero-order valence-corrected chi connectivity index (χ0v) is 19.4. The van der Waals surface area contributed by atoms with Crippen LogP contribution in [0.4, 0.5) is 10.8 Å². The van der Waals surface area contributed by atoms with E-state index in [1.165, 1.54) is 18.3 Å². The van der Waals surface area contributed by atoms with Crippen LogP contribution in [0, 0.1) is 27.7 Å². The maximum absolute atomic E-state index is 12.5. The molecule has 0 bridgehead atoms. The molecular formula is C25H23N3O3S. The average Bonchev–Trinajstić information content (AvgIpc) is 3.31. The summed E-state index contributed by atoms with van der Waals surface area (Å²) >= 11 is 1.33. The summed E-state index contributed by atoms with van der Waals surface area (Å²) in [6.07, 6.45) is 1.58. The first-order valence-corrected chi connectivity index (χ1v) is 11.0.